The van der Waals surface area contributed by atoms with E-state index < -0.39 is 0 Å². The van der Waals surface area contributed by atoms with Gasteiger partial charge in [-0.2, -0.15) is 0 Å². The van der Waals surface area contributed by atoms with Crippen molar-refractivity contribution in [3.63, 3.8) is 0 Å². The van der Waals surface area contributed by atoms with Crippen molar-refractivity contribution >= 4 is 23.2 Å². The second-order valence-corrected chi connectivity index (χ2v) is 5.09. The lowest BCUT2D eigenvalue weighted by Crippen LogP contribution is -2.46. The summed E-state index contributed by atoms with van der Waals surface area (Å²) in [6.07, 6.45) is 1.52. The normalized spacial score (nSPS) is 20.2. The number of likely N-dealkylation sites (N-methyl/N-ethyl adjacent to an activating group) is 2. The van der Waals surface area contributed by atoms with E-state index in [1.54, 1.807) is 0 Å². The number of fused-ring (bicyclic) bond motifs is 1. The van der Waals surface area contributed by atoms with Crippen molar-refractivity contribution in [1.29, 1.82) is 0 Å². The van der Waals surface area contributed by atoms with Crippen LogP contribution in [0.15, 0.2) is 6.33 Å². The number of anilines is 3. The van der Waals surface area contributed by atoms with Crippen LogP contribution in [0.25, 0.3) is 0 Å². The summed E-state index contributed by atoms with van der Waals surface area (Å²) in [6, 6.07) is 0. The van der Waals surface area contributed by atoms with Crippen LogP contribution in [-0.4, -0.2) is 67.6 Å². The number of rotatable bonds is 1. The van der Waals surface area contributed by atoms with Crippen LogP contribution in [0.2, 0.25) is 0 Å². The summed E-state index contributed by atoms with van der Waals surface area (Å²) in [7, 11) is 4.03. The Morgan fingerprint density at radius 3 is 2.63 bits per heavy atom. The smallest absolute Gasteiger partial charge is 0.245 e. The first-order valence-electron chi connectivity index (χ1n) is 6.44. The molecule has 0 spiro atoms. The summed E-state index contributed by atoms with van der Waals surface area (Å²) in [5.74, 6) is 1.50. The molecule has 7 nitrogen and oxygen atoms in total. The van der Waals surface area contributed by atoms with E-state index in [4.69, 9.17) is 0 Å². The van der Waals surface area contributed by atoms with Crippen molar-refractivity contribution in [3.8, 4) is 0 Å². The van der Waals surface area contributed by atoms with E-state index in [1.807, 2.05) is 11.9 Å². The van der Waals surface area contributed by atoms with Gasteiger partial charge < -0.3 is 20.0 Å². The minimum absolute atomic E-state index is 0.0296. The molecule has 2 aliphatic rings. The Hall–Kier alpha value is -1.89. The molecule has 0 bridgehead atoms. The average molecular weight is 262 g/mol. The fraction of sp³-hybridized carbons (Fsp3) is 0.583. The molecule has 0 atom stereocenters. The predicted octanol–water partition coefficient (Wildman–Crippen LogP) is -0.383. The molecular formula is C12H18N6O. The fourth-order valence-corrected chi connectivity index (χ4v) is 2.53. The largest absolute Gasteiger partial charge is 0.359 e. The molecule has 1 fully saturated rings. The van der Waals surface area contributed by atoms with Crippen LogP contribution in [0.3, 0.4) is 0 Å². The molecule has 1 amide bonds. The van der Waals surface area contributed by atoms with Crippen LogP contribution in [-0.2, 0) is 4.79 Å². The molecule has 7 heteroatoms. The van der Waals surface area contributed by atoms with Crippen molar-refractivity contribution in [2.24, 2.45) is 0 Å². The SMILES string of the molecule is CN1CCN(c2ncnc3c2N(C)CC(=O)N3)CC1. The Bertz CT molecular complexity index is 497. The zero-order chi connectivity index (χ0) is 13.4. The van der Waals surface area contributed by atoms with E-state index in [1.165, 1.54) is 6.33 Å². The molecule has 3 rings (SSSR count). The molecule has 0 aromatic carbocycles. The third kappa shape index (κ3) is 2.21. The zero-order valence-electron chi connectivity index (χ0n) is 11.3. The molecule has 0 saturated carbocycles. The van der Waals surface area contributed by atoms with Gasteiger partial charge >= 0.3 is 0 Å². The number of nitrogens with one attached hydrogen (secondary N) is 1. The molecule has 2 aliphatic heterocycles. The molecule has 3 heterocycles. The van der Waals surface area contributed by atoms with Crippen LogP contribution in [0.5, 0.6) is 0 Å². The lowest BCUT2D eigenvalue weighted by Gasteiger charge is -2.36. The second-order valence-electron chi connectivity index (χ2n) is 5.09. The number of carbonyl (C=O) groups excluding carboxylic acids is 1. The maximum absolute atomic E-state index is 11.5. The first-order valence-corrected chi connectivity index (χ1v) is 6.44. The van der Waals surface area contributed by atoms with Gasteiger partial charge in [0.05, 0.1) is 6.54 Å². The second kappa shape index (κ2) is 4.65. The number of aromatic nitrogens is 2. The first-order chi connectivity index (χ1) is 9.15. The van der Waals surface area contributed by atoms with Gasteiger partial charge in [0.1, 0.15) is 12.0 Å². The first kappa shape index (κ1) is 12.2. The summed E-state index contributed by atoms with van der Waals surface area (Å²) in [4.78, 5) is 26.6. The molecular weight excluding hydrogens is 244 g/mol. The van der Waals surface area contributed by atoms with Crippen molar-refractivity contribution in [1.82, 2.24) is 14.9 Å². The average Bonchev–Trinajstić information content (AvgIpc) is 2.38. The van der Waals surface area contributed by atoms with Crippen LogP contribution in [0.4, 0.5) is 17.3 Å². The monoisotopic (exact) mass is 262 g/mol. The van der Waals surface area contributed by atoms with Gasteiger partial charge in [-0.05, 0) is 7.05 Å². The highest BCUT2D eigenvalue weighted by Crippen LogP contribution is 2.34. The third-order valence-electron chi connectivity index (χ3n) is 3.63. The topological polar surface area (TPSA) is 64.6 Å². The van der Waals surface area contributed by atoms with Crippen molar-refractivity contribution in [3.05, 3.63) is 6.33 Å². The molecule has 1 N–H and O–H groups in total. The van der Waals surface area contributed by atoms with Gasteiger partial charge in [0.25, 0.3) is 0 Å². The minimum atomic E-state index is -0.0296. The molecule has 0 aliphatic carbocycles. The third-order valence-corrected chi connectivity index (χ3v) is 3.63. The Morgan fingerprint density at radius 2 is 1.89 bits per heavy atom. The summed E-state index contributed by atoms with van der Waals surface area (Å²) >= 11 is 0. The number of hydrogen-bond donors (Lipinski definition) is 1. The Kier molecular flexibility index (Phi) is 2.98. The molecule has 19 heavy (non-hydrogen) atoms. The van der Waals surface area contributed by atoms with E-state index in [-0.39, 0.29) is 5.91 Å². The Labute approximate surface area is 112 Å². The Balaban J connectivity index is 1.94. The fourth-order valence-electron chi connectivity index (χ4n) is 2.53. The van der Waals surface area contributed by atoms with E-state index in [0.717, 1.165) is 37.7 Å². The lowest BCUT2D eigenvalue weighted by atomic mass is 10.2. The van der Waals surface area contributed by atoms with Crippen LogP contribution in [0.1, 0.15) is 0 Å². The number of nitrogens with zero attached hydrogens (tertiary/aromatic N) is 5. The summed E-state index contributed by atoms with van der Waals surface area (Å²) in [5.41, 5.74) is 0.923. The van der Waals surface area contributed by atoms with E-state index in [9.17, 15) is 4.79 Å². The molecule has 1 aromatic heterocycles. The quantitative estimate of drug-likeness (QED) is 0.744. The van der Waals surface area contributed by atoms with Crippen molar-refractivity contribution < 1.29 is 4.79 Å². The lowest BCUT2D eigenvalue weighted by molar-refractivity contribution is -0.115. The number of amides is 1. The van der Waals surface area contributed by atoms with Crippen LogP contribution >= 0.6 is 0 Å². The number of carbonyl (C=O) groups is 1. The molecule has 0 unspecified atom stereocenters. The highest BCUT2D eigenvalue weighted by atomic mass is 16.2. The Morgan fingerprint density at radius 1 is 1.16 bits per heavy atom. The number of hydrogen-bond acceptors (Lipinski definition) is 6. The van der Waals surface area contributed by atoms with Gasteiger partial charge in [0.2, 0.25) is 5.91 Å². The summed E-state index contributed by atoms with van der Waals surface area (Å²) in [6.45, 7) is 4.29. The molecule has 1 saturated heterocycles. The highest BCUT2D eigenvalue weighted by molar-refractivity contribution is 6.02. The molecule has 1 aromatic rings. The maximum Gasteiger partial charge on any atom is 0.245 e. The van der Waals surface area contributed by atoms with Crippen LogP contribution < -0.4 is 15.1 Å². The minimum Gasteiger partial charge on any atom is -0.359 e. The van der Waals surface area contributed by atoms with E-state index >= 15 is 0 Å². The van der Waals surface area contributed by atoms with Gasteiger partial charge in [-0.15, -0.1) is 0 Å². The van der Waals surface area contributed by atoms with Crippen molar-refractivity contribution in [2.75, 3.05) is 61.9 Å². The summed E-state index contributed by atoms with van der Waals surface area (Å²) < 4.78 is 0. The van der Waals surface area contributed by atoms with E-state index in [0.29, 0.717) is 12.4 Å². The van der Waals surface area contributed by atoms with Gasteiger partial charge in [-0.25, -0.2) is 9.97 Å². The van der Waals surface area contributed by atoms with Gasteiger partial charge in [0.15, 0.2) is 11.6 Å². The number of piperazine rings is 1. The molecule has 102 valence electrons. The van der Waals surface area contributed by atoms with Gasteiger partial charge in [-0.3, -0.25) is 4.79 Å². The molecule has 0 radical (unpaired) electrons. The van der Waals surface area contributed by atoms with E-state index in [2.05, 4.69) is 32.1 Å². The van der Waals surface area contributed by atoms with Crippen molar-refractivity contribution in [2.45, 2.75) is 0 Å². The van der Waals surface area contributed by atoms with Gasteiger partial charge in [0, 0.05) is 33.2 Å². The predicted molar refractivity (Wildman–Crippen MR) is 73.6 cm³/mol. The van der Waals surface area contributed by atoms with Crippen LogP contribution in [0, 0.1) is 0 Å². The summed E-state index contributed by atoms with van der Waals surface area (Å²) in [5, 5.41) is 2.81. The van der Waals surface area contributed by atoms with Gasteiger partial charge in [-0.1, -0.05) is 0 Å². The maximum atomic E-state index is 11.5. The highest BCUT2D eigenvalue weighted by Gasteiger charge is 2.27. The zero-order valence-corrected chi connectivity index (χ0v) is 11.3. The standard InChI is InChI=1S/C12H18N6O/c1-16-3-5-18(6-4-16)12-10-11(13-8-14-12)15-9(19)7-17(10)2/h8H,3-7H2,1-2H3,(H,13,14,15,19).